The molecule has 4 heterocycles. The number of Topliss-reactive ketones (excluding diaryl/α,β-unsaturated/α-hetero) is 1. The molecule has 1 saturated carbocycles. The maximum Gasteiger partial charge on any atom is 0.416 e. The lowest BCUT2D eigenvalue weighted by Gasteiger charge is -2.36. The number of allylic oxidation sites excluding steroid dienone is 2. The average Bonchev–Trinajstić information content (AvgIpc) is 3.80. The summed E-state index contributed by atoms with van der Waals surface area (Å²) in [6.45, 7) is 2.49. The Bertz CT molecular complexity index is 2170. The quantitative estimate of drug-likeness (QED) is 0.277. The highest BCUT2D eigenvalue weighted by Gasteiger charge is 2.38. The minimum Gasteiger partial charge on any atom is -0.505 e. The number of nitrogens with zero attached hydrogens (tertiary/aromatic N) is 6. The number of hydrogen-bond acceptors (Lipinski definition) is 8. The van der Waals surface area contributed by atoms with Crippen molar-refractivity contribution < 1.29 is 32.7 Å². The van der Waals surface area contributed by atoms with Crippen molar-refractivity contribution in [2.45, 2.75) is 45.3 Å². The van der Waals surface area contributed by atoms with Crippen LogP contribution in [0.15, 0.2) is 53.5 Å². The largest absolute Gasteiger partial charge is 0.505 e. The number of carbonyl (C=O) groups excluding carboxylic acids is 3. The molecule has 2 aliphatic carbocycles. The fraction of sp³-hybridized carbons (Fsp3) is 0.371. The van der Waals surface area contributed by atoms with Gasteiger partial charge in [0.25, 0.3) is 11.5 Å². The number of alkyl halides is 3. The number of amides is 2. The van der Waals surface area contributed by atoms with E-state index in [4.69, 9.17) is 16.7 Å². The molecule has 1 saturated heterocycles. The zero-order valence-corrected chi connectivity index (χ0v) is 28.2. The summed E-state index contributed by atoms with van der Waals surface area (Å²) >= 11 is 6.13. The van der Waals surface area contributed by atoms with Crippen molar-refractivity contribution in [3.63, 3.8) is 0 Å². The number of carbonyl (C=O) groups is 3. The maximum atomic E-state index is 14.3. The third kappa shape index (κ3) is 6.46. The molecule has 16 heteroatoms. The summed E-state index contributed by atoms with van der Waals surface area (Å²) in [5.41, 5.74) is 1.21. The van der Waals surface area contributed by atoms with Gasteiger partial charge in [-0.1, -0.05) is 24.6 Å². The zero-order chi connectivity index (χ0) is 36.2. The number of benzene rings is 1. The van der Waals surface area contributed by atoms with E-state index in [9.17, 15) is 37.5 Å². The van der Waals surface area contributed by atoms with Crippen LogP contribution in [0.3, 0.4) is 0 Å². The molecule has 12 nitrogen and oxygen atoms in total. The molecule has 0 radical (unpaired) electrons. The second-order valence-electron chi connectivity index (χ2n) is 13.0. The number of piperazine rings is 1. The zero-order valence-electron chi connectivity index (χ0n) is 27.4. The Kier molecular flexibility index (Phi) is 8.86. The summed E-state index contributed by atoms with van der Waals surface area (Å²) in [6, 6.07) is 7.31. The molecule has 7 rings (SSSR count). The van der Waals surface area contributed by atoms with Crippen molar-refractivity contribution in [2.24, 2.45) is 11.8 Å². The van der Waals surface area contributed by atoms with Crippen LogP contribution in [-0.2, 0) is 28.7 Å². The normalized spacial score (nSPS) is 19.1. The highest BCUT2D eigenvalue weighted by molar-refractivity contribution is 6.33. The van der Waals surface area contributed by atoms with Gasteiger partial charge in [-0.05, 0) is 60.6 Å². The summed E-state index contributed by atoms with van der Waals surface area (Å²) in [7, 11) is 0. The van der Waals surface area contributed by atoms with Gasteiger partial charge in [0.2, 0.25) is 5.91 Å². The van der Waals surface area contributed by atoms with E-state index in [1.165, 1.54) is 22.8 Å². The Morgan fingerprint density at radius 3 is 2.49 bits per heavy atom. The van der Waals surface area contributed by atoms with Crippen LogP contribution in [-0.4, -0.2) is 72.9 Å². The van der Waals surface area contributed by atoms with Crippen LogP contribution in [0, 0.1) is 11.8 Å². The predicted octanol–water partition coefficient (Wildman–Crippen LogP) is 4.81. The van der Waals surface area contributed by atoms with Gasteiger partial charge in [-0.2, -0.15) is 22.8 Å². The smallest absolute Gasteiger partial charge is 0.416 e. The van der Waals surface area contributed by atoms with Gasteiger partial charge >= 0.3 is 6.18 Å². The van der Waals surface area contributed by atoms with E-state index in [1.807, 2.05) is 17.9 Å². The van der Waals surface area contributed by atoms with Gasteiger partial charge in [0.1, 0.15) is 29.4 Å². The van der Waals surface area contributed by atoms with Crippen molar-refractivity contribution in [1.82, 2.24) is 24.1 Å². The third-order valence-electron chi connectivity index (χ3n) is 9.83. The number of pyridine rings is 1. The molecule has 2 atom stereocenters. The molecule has 51 heavy (non-hydrogen) atoms. The molecule has 2 fully saturated rings. The van der Waals surface area contributed by atoms with E-state index in [0.29, 0.717) is 48.4 Å². The first-order valence-electron chi connectivity index (χ1n) is 16.5. The average molecular weight is 724 g/mol. The van der Waals surface area contributed by atoms with E-state index < -0.39 is 29.1 Å². The molecule has 1 aliphatic heterocycles. The number of fused-ring (bicyclic) bond motifs is 2. The highest BCUT2D eigenvalue weighted by atomic mass is 35.5. The Balaban J connectivity index is 1.24. The van der Waals surface area contributed by atoms with Gasteiger partial charge in [0, 0.05) is 57.0 Å². The molecule has 266 valence electrons. The number of rotatable bonds is 7. The summed E-state index contributed by atoms with van der Waals surface area (Å²) < 4.78 is 42.6. The standard InChI is InChI=1S/C35H33ClF3N7O5/c1-2-27-32(43-8-10-44(11-9-43)33(50)31-28(48)4-3-7-40-31)34(51)46-30(17-26(42-46)21-12-19-14-23(47)15-20(19)13-21)45(27)18-29(49)41-25-6-5-22(16-24(25)36)35(37,38)39/h3-7,12,16-17,19-20,48H,2,8-11,13-15,18H2,1H3,(H,41,49). The SMILES string of the molecule is CCc1c(N2CCN(C(=O)c3ncccc3O)CC2)c(=O)n2nc(C3=CC4CC(=O)CC4C3)cc2n1CC(=O)Nc1ccc(C(F)(F)F)cc1Cl. The van der Waals surface area contributed by atoms with Crippen LogP contribution in [0.2, 0.25) is 5.02 Å². The summed E-state index contributed by atoms with van der Waals surface area (Å²) in [5, 5.41) is 17.2. The topological polar surface area (TPSA) is 142 Å². The molecule has 0 spiro atoms. The fourth-order valence-corrected chi connectivity index (χ4v) is 7.58. The van der Waals surface area contributed by atoms with Gasteiger partial charge in [-0.3, -0.25) is 19.2 Å². The van der Waals surface area contributed by atoms with Crippen molar-refractivity contribution in [3.05, 3.63) is 86.7 Å². The molecule has 2 unspecified atom stereocenters. The van der Waals surface area contributed by atoms with Crippen LogP contribution < -0.4 is 15.8 Å². The first kappa shape index (κ1) is 34.3. The van der Waals surface area contributed by atoms with Crippen LogP contribution in [0.4, 0.5) is 24.5 Å². The van der Waals surface area contributed by atoms with E-state index in [-0.39, 0.29) is 72.5 Å². The Morgan fingerprint density at radius 2 is 1.82 bits per heavy atom. The number of aromatic nitrogens is 4. The molecule has 0 bridgehead atoms. The van der Waals surface area contributed by atoms with Crippen LogP contribution in [0.25, 0.3) is 11.2 Å². The molecule has 4 aromatic rings. The summed E-state index contributed by atoms with van der Waals surface area (Å²) in [4.78, 5) is 60.4. The number of anilines is 2. The molecule has 3 aliphatic rings. The van der Waals surface area contributed by atoms with Gasteiger partial charge in [0.05, 0.1) is 22.0 Å². The number of hydrogen-bond donors (Lipinski definition) is 2. The lowest BCUT2D eigenvalue weighted by molar-refractivity contribution is -0.137. The van der Waals surface area contributed by atoms with Gasteiger partial charge in [-0.25, -0.2) is 4.98 Å². The number of nitrogens with one attached hydrogen (secondary N) is 1. The minimum atomic E-state index is -4.61. The lowest BCUT2D eigenvalue weighted by atomic mass is 9.99. The molecule has 2 N–H and O–H groups in total. The fourth-order valence-electron chi connectivity index (χ4n) is 7.36. The van der Waals surface area contributed by atoms with Crippen molar-refractivity contribution >= 4 is 51.8 Å². The van der Waals surface area contributed by atoms with E-state index in [2.05, 4.69) is 10.3 Å². The van der Waals surface area contributed by atoms with E-state index >= 15 is 0 Å². The van der Waals surface area contributed by atoms with Crippen LogP contribution in [0.5, 0.6) is 5.75 Å². The Hall–Kier alpha value is -5.18. The molecule has 2 amide bonds. The third-order valence-corrected chi connectivity index (χ3v) is 10.1. The van der Waals surface area contributed by atoms with Gasteiger partial charge in [0.15, 0.2) is 5.69 Å². The summed E-state index contributed by atoms with van der Waals surface area (Å²) in [6.07, 6.45) is 0.782. The second kappa shape index (κ2) is 13.2. The predicted molar refractivity (Wildman–Crippen MR) is 182 cm³/mol. The first-order valence-corrected chi connectivity index (χ1v) is 16.9. The monoisotopic (exact) mass is 723 g/mol. The van der Waals surface area contributed by atoms with Crippen LogP contribution in [0.1, 0.15) is 53.6 Å². The molecule has 1 aromatic carbocycles. The molecular formula is C35H33ClF3N7O5. The van der Waals surface area contributed by atoms with Gasteiger partial charge < -0.3 is 24.8 Å². The number of aromatic hydroxyl groups is 1. The van der Waals surface area contributed by atoms with Gasteiger partial charge in [-0.15, -0.1) is 0 Å². The second-order valence-corrected chi connectivity index (χ2v) is 13.4. The lowest BCUT2D eigenvalue weighted by Crippen LogP contribution is -2.51. The molecule has 3 aromatic heterocycles. The Labute approximate surface area is 294 Å². The molecular weight excluding hydrogens is 691 g/mol. The van der Waals surface area contributed by atoms with Crippen LogP contribution >= 0.6 is 11.6 Å². The van der Waals surface area contributed by atoms with Crippen molar-refractivity contribution in [3.8, 4) is 5.75 Å². The van der Waals surface area contributed by atoms with E-state index in [1.54, 1.807) is 15.5 Å². The highest BCUT2D eigenvalue weighted by Crippen LogP contribution is 2.44. The summed E-state index contributed by atoms with van der Waals surface area (Å²) in [5.74, 6) is -0.741. The Morgan fingerprint density at radius 1 is 1.06 bits per heavy atom. The number of halogens is 4. The maximum absolute atomic E-state index is 14.3. The van der Waals surface area contributed by atoms with Crippen molar-refractivity contribution in [2.75, 3.05) is 36.4 Å². The number of ketones is 1. The van der Waals surface area contributed by atoms with Crippen molar-refractivity contribution in [1.29, 1.82) is 0 Å². The minimum absolute atomic E-state index is 0.00358. The van der Waals surface area contributed by atoms with E-state index in [0.717, 1.165) is 23.8 Å². The first-order chi connectivity index (χ1) is 24.3.